The first kappa shape index (κ1) is 22.4. The third-order valence-electron chi connectivity index (χ3n) is 5.11. The first-order chi connectivity index (χ1) is 14.3. The van der Waals surface area contributed by atoms with Crippen molar-refractivity contribution in [1.82, 2.24) is 0 Å². The highest BCUT2D eigenvalue weighted by Crippen LogP contribution is 2.41. The van der Waals surface area contributed by atoms with Gasteiger partial charge in [-0.15, -0.1) is 0 Å². The molecule has 1 fully saturated rings. The molecule has 164 valence electrons. The van der Waals surface area contributed by atoms with E-state index in [0.717, 1.165) is 12.8 Å². The fourth-order valence-electron chi connectivity index (χ4n) is 3.27. The number of benzene rings is 1. The zero-order valence-corrected chi connectivity index (χ0v) is 17.4. The van der Waals surface area contributed by atoms with Gasteiger partial charge in [-0.2, -0.15) is 8.78 Å². The summed E-state index contributed by atoms with van der Waals surface area (Å²) in [5.74, 6) is -3.99. The van der Waals surface area contributed by atoms with E-state index in [2.05, 4.69) is 13.2 Å². The molecule has 2 aliphatic heterocycles. The average Bonchev–Trinajstić information content (AvgIpc) is 2.75. The van der Waals surface area contributed by atoms with Gasteiger partial charge in [-0.05, 0) is 30.1 Å². The molecular formula is C23H27F3O4. The van der Waals surface area contributed by atoms with Gasteiger partial charge in [0.15, 0.2) is 29.4 Å². The normalized spacial score (nSPS) is 22.9. The first-order valence-corrected chi connectivity index (χ1v) is 10.2. The Hall–Kier alpha value is -2.25. The molecule has 1 aromatic rings. The molecule has 0 aromatic heterocycles. The van der Waals surface area contributed by atoms with Crippen molar-refractivity contribution >= 4 is 0 Å². The smallest absolute Gasteiger partial charge is 0.205 e. The molecule has 0 saturated carbocycles. The predicted molar refractivity (Wildman–Crippen MR) is 107 cm³/mol. The van der Waals surface area contributed by atoms with Gasteiger partial charge in [0, 0.05) is 17.9 Å². The van der Waals surface area contributed by atoms with Crippen LogP contribution in [-0.2, 0) is 15.9 Å². The zero-order valence-electron chi connectivity index (χ0n) is 17.4. The molecule has 0 bridgehead atoms. The fourth-order valence-corrected chi connectivity index (χ4v) is 3.27. The molecule has 0 N–H and O–H groups in total. The number of rotatable bonds is 7. The Morgan fingerprint density at radius 1 is 1.20 bits per heavy atom. The number of allylic oxidation sites excluding steroid dienone is 3. The van der Waals surface area contributed by atoms with Crippen LogP contribution in [0.4, 0.5) is 13.2 Å². The molecule has 0 radical (unpaired) electrons. The third kappa shape index (κ3) is 4.73. The van der Waals surface area contributed by atoms with E-state index in [9.17, 15) is 13.2 Å². The van der Waals surface area contributed by atoms with E-state index >= 15 is 0 Å². The molecule has 30 heavy (non-hydrogen) atoms. The fraction of sp³-hybridized carbons (Fsp3) is 0.478. The first-order valence-electron chi connectivity index (χ1n) is 10.2. The van der Waals surface area contributed by atoms with E-state index in [-0.39, 0.29) is 48.1 Å². The maximum absolute atomic E-state index is 14.7. The number of hydrogen-bond acceptors (Lipinski definition) is 4. The minimum Gasteiger partial charge on any atom is -0.490 e. The van der Waals surface area contributed by atoms with Crippen molar-refractivity contribution in [3.63, 3.8) is 0 Å². The van der Waals surface area contributed by atoms with Gasteiger partial charge in [0.25, 0.3) is 0 Å². The predicted octanol–water partition coefficient (Wildman–Crippen LogP) is 5.77. The van der Waals surface area contributed by atoms with Gasteiger partial charge in [0.05, 0.1) is 19.8 Å². The van der Waals surface area contributed by atoms with Crippen molar-refractivity contribution in [3.05, 3.63) is 59.2 Å². The molecule has 0 amide bonds. The third-order valence-corrected chi connectivity index (χ3v) is 5.11. The summed E-state index contributed by atoms with van der Waals surface area (Å²) >= 11 is 0. The highest BCUT2D eigenvalue weighted by Gasteiger charge is 2.30. The van der Waals surface area contributed by atoms with Crippen molar-refractivity contribution in [3.8, 4) is 11.5 Å². The van der Waals surface area contributed by atoms with Crippen LogP contribution in [-0.4, -0.2) is 26.1 Å². The van der Waals surface area contributed by atoms with Crippen molar-refractivity contribution in [1.29, 1.82) is 0 Å². The Bertz CT molecular complexity index is 854. The van der Waals surface area contributed by atoms with E-state index in [1.165, 1.54) is 6.07 Å². The summed E-state index contributed by atoms with van der Waals surface area (Å²) in [4.78, 5) is 0. The summed E-state index contributed by atoms with van der Waals surface area (Å²) in [6.45, 7) is 12.2. The molecule has 1 aromatic carbocycles. The summed E-state index contributed by atoms with van der Waals surface area (Å²) in [7, 11) is 0. The van der Waals surface area contributed by atoms with Crippen molar-refractivity contribution in [2.24, 2.45) is 5.92 Å². The molecule has 0 aliphatic carbocycles. The van der Waals surface area contributed by atoms with Crippen LogP contribution in [0.5, 0.6) is 11.5 Å². The lowest BCUT2D eigenvalue weighted by molar-refractivity contribution is -0.206. The Morgan fingerprint density at radius 2 is 1.90 bits per heavy atom. The molecular weight excluding hydrogens is 397 g/mol. The van der Waals surface area contributed by atoms with E-state index in [1.807, 2.05) is 6.92 Å². The second-order valence-corrected chi connectivity index (χ2v) is 7.54. The van der Waals surface area contributed by atoms with Crippen LogP contribution in [0.3, 0.4) is 0 Å². The van der Waals surface area contributed by atoms with Gasteiger partial charge in [-0.3, -0.25) is 0 Å². The monoisotopic (exact) mass is 424 g/mol. The molecule has 4 nitrogen and oxygen atoms in total. The summed E-state index contributed by atoms with van der Waals surface area (Å²) < 4.78 is 65.8. The average molecular weight is 424 g/mol. The quantitative estimate of drug-likeness (QED) is 0.557. The number of halogens is 3. The van der Waals surface area contributed by atoms with Crippen LogP contribution in [0.25, 0.3) is 0 Å². The van der Waals surface area contributed by atoms with Gasteiger partial charge < -0.3 is 18.9 Å². The lowest BCUT2D eigenvalue weighted by Gasteiger charge is -2.29. The minimum absolute atomic E-state index is 0.0912. The van der Waals surface area contributed by atoms with Gasteiger partial charge in [0.2, 0.25) is 11.6 Å². The van der Waals surface area contributed by atoms with Crippen LogP contribution in [0, 0.1) is 17.6 Å². The summed E-state index contributed by atoms with van der Waals surface area (Å²) in [6.07, 6.45) is 2.00. The largest absolute Gasteiger partial charge is 0.490 e. The molecule has 2 heterocycles. The van der Waals surface area contributed by atoms with Gasteiger partial charge in [-0.1, -0.05) is 33.4 Å². The molecule has 1 saturated heterocycles. The second-order valence-electron chi connectivity index (χ2n) is 7.54. The van der Waals surface area contributed by atoms with E-state index in [4.69, 9.17) is 18.9 Å². The lowest BCUT2D eigenvalue weighted by atomic mass is 9.98. The zero-order chi connectivity index (χ0) is 21.8. The van der Waals surface area contributed by atoms with Crippen LogP contribution >= 0.6 is 0 Å². The molecule has 0 unspecified atom stereocenters. The van der Waals surface area contributed by atoms with Crippen LogP contribution in [0.15, 0.2) is 42.0 Å². The maximum atomic E-state index is 14.7. The molecule has 0 spiro atoms. The molecule has 7 heteroatoms. The lowest BCUT2D eigenvalue weighted by Crippen LogP contribution is -2.35. The molecule has 2 aliphatic rings. The van der Waals surface area contributed by atoms with Crippen molar-refractivity contribution in [2.75, 3.05) is 19.8 Å². The summed E-state index contributed by atoms with van der Waals surface area (Å²) in [6, 6.07) is 1.37. The maximum Gasteiger partial charge on any atom is 0.205 e. The standard InChI is InChI=1S/C23H27F3O4/c1-5-7-18-28-11-15(12-29-18)10-27-17-9-16-8-14(4)22(19(24)13(3)6-2)30-23(16)21(26)20(17)25/h9,15,18H,3-8,10-12H2,1-2H3/b22-19-. The van der Waals surface area contributed by atoms with Gasteiger partial charge in [-0.25, -0.2) is 4.39 Å². The van der Waals surface area contributed by atoms with E-state index < -0.39 is 17.5 Å². The van der Waals surface area contributed by atoms with Gasteiger partial charge in [0.1, 0.15) is 0 Å². The minimum atomic E-state index is -1.22. The number of hydrogen-bond donors (Lipinski definition) is 0. The summed E-state index contributed by atoms with van der Waals surface area (Å²) in [5, 5.41) is 0. The Balaban J connectivity index is 1.73. The second kappa shape index (κ2) is 9.71. The number of fused-ring (bicyclic) bond motifs is 1. The molecule has 0 atom stereocenters. The highest BCUT2D eigenvalue weighted by molar-refractivity contribution is 5.52. The van der Waals surface area contributed by atoms with E-state index in [0.29, 0.717) is 30.8 Å². The summed E-state index contributed by atoms with van der Waals surface area (Å²) in [5.41, 5.74) is 0.864. The van der Waals surface area contributed by atoms with Crippen LogP contribution in [0.1, 0.15) is 38.7 Å². The SMILES string of the molecule is C=C(CC)/C(F)=C1/Oc2c(cc(OCC3COC(CCC)OC3)c(F)c2F)CC1=C. The van der Waals surface area contributed by atoms with Crippen LogP contribution in [0.2, 0.25) is 0 Å². The number of ether oxygens (including phenoxy) is 4. The van der Waals surface area contributed by atoms with Crippen LogP contribution < -0.4 is 9.47 Å². The van der Waals surface area contributed by atoms with Gasteiger partial charge >= 0.3 is 0 Å². The van der Waals surface area contributed by atoms with Crippen molar-refractivity contribution < 1.29 is 32.1 Å². The molecule has 3 rings (SSSR count). The Labute approximate surface area is 175 Å². The Kier molecular flexibility index (Phi) is 7.26. The van der Waals surface area contributed by atoms with E-state index in [1.54, 1.807) is 6.92 Å². The van der Waals surface area contributed by atoms with Crippen molar-refractivity contribution in [2.45, 2.75) is 45.8 Å². The topological polar surface area (TPSA) is 36.9 Å². The Morgan fingerprint density at radius 3 is 2.53 bits per heavy atom. The highest BCUT2D eigenvalue weighted by atomic mass is 19.2.